The number of oxazole rings is 1. The Labute approximate surface area is 167 Å². The molecule has 29 heavy (non-hydrogen) atoms. The molecule has 0 radical (unpaired) electrons. The summed E-state index contributed by atoms with van der Waals surface area (Å²) in [6, 6.07) is 14.2. The standard InChI is InChI=1S/C21H12N2O5S/c24-19(20-23-13-3-1-2-4-16(13)28-20)22-14-10-29-18(17(14)21(25)26)12-5-6-15-11(9-12)7-8-27-15/h1-10H,(H,22,24)(H,25,26). The van der Waals surface area contributed by atoms with E-state index < -0.39 is 11.9 Å². The number of carboxylic acid groups (broad SMARTS) is 1. The van der Waals surface area contributed by atoms with E-state index in [4.69, 9.17) is 8.83 Å². The van der Waals surface area contributed by atoms with E-state index in [9.17, 15) is 14.7 Å². The zero-order valence-corrected chi connectivity index (χ0v) is 15.5. The molecule has 0 aliphatic rings. The molecule has 7 nitrogen and oxygen atoms in total. The average Bonchev–Trinajstić information content (AvgIpc) is 3.44. The Balaban J connectivity index is 1.51. The lowest BCUT2D eigenvalue weighted by Crippen LogP contribution is -2.14. The van der Waals surface area contributed by atoms with Crippen molar-refractivity contribution in [2.75, 3.05) is 5.32 Å². The summed E-state index contributed by atoms with van der Waals surface area (Å²) in [4.78, 5) is 29.2. The smallest absolute Gasteiger partial charge is 0.339 e. The topological polar surface area (TPSA) is 106 Å². The fourth-order valence-electron chi connectivity index (χ4n) is 3.13. The number of nitrogens with one attached hydrogen (secondary N) is 1. The number of hydrogen-bond donors (Lipinski definition) is 2. The highest BCUT2D eigenvalue weighted by Crippen LogP contribution is 2.37. The van der Waals surface area contributed by atoms with Gasteiger partial charge in [0.2, 0.25) is 0 Å². The first kappa shape index (κ1) is 17.2. The summed E-state index contributed by atoms with van der Waals surface area (Å²) in [7, 11) is 0. The van der Waals surface area contributed by atoms with Gasteiger partial charge in [0.05, 0.1) is 16.8 Å². The number of rotatable bonds is 4. The Bertz CT molecular complexity index is 1360. The molecule has 2 N–H and O–H groups in total. The van der Waals surface area contributed by atoms with E-state index in [1.54, 1.807) is 48.0 Å². The lowest BCUT2D eigenvalue weighted by molar-refractivity contribution is 0.0699. The normalized spacial score (nSPS) is 11.2. The number of carboxylic acids is 1. The molecule has 5 rings (SSSR count). The number of furan rings is 1. The number of aromatic nitrogens is 1. The second-order valence-electron chi connectivity index (χ2n) is 6.27. The van der Waals surface area contributed by atoms with E-state index in [1.807, 2.05) is 12.1 Å². The summed E-state index contributed by atoms with van der Waals surface area (Å²) < 4.78 is 10.8. The quantitative estimate of drug-likeness (QED) is 0.424. The van der Waals surface area contributed by atoms with Crippen LogP contribution in [0, 0.1) is 0 Å². The third-order valence-electron chi connectivity index (χ3n) is 4.46. The molecular formula is C21H12N2O5S. The molecule has 0 spiro atoms. The Hall–Kier alpha value is -3.91. The molecule has 1 amide bonds. The van der Waals surface area contributed by atoms with Crippen LogP contribution in [0.25, 0.3) is 32.5 Å². The zero-order chi connectivity index (χ0) is 20.0. The molecule has 8 heteroatoms. The number of aromatic carboxylic acids is 1. The molecule has 0 aliphatic carbocycles. The Morgan fingerprint density at radius 1 is 1.07 bits per heavy atom. The minimum absolute atomic E-state index is 0.0160. The largest absolute Gasteiger partial charge is 0.478 e. The molecule has 3 aromatic heterocycles. The van der Waals surface area contributed by atoms with Crippen molar-refractivity contribution < 1.29 is 23.5 Å². The Morgan fingerprint density at radius 3 is 2.76 bits per heavy atom. The number of anilines is 1. The monoisotopic (exact) mass is 404 g/mol. The van der Waals surface area contributed by atoms with Gasteiger partial charge >= 0.3 is 11.9 Å². The van der Waals surface area contributed by atoms with Crippen LogP contribution >= 0.6 is 11.3 Å². The van der Waals surface area contributed by atoms with Crippen molar-refractivity contribution in [3.63, 3.8) is 0 Å². The summed E-state index contributed by atoms with van der Waals surface area (Å²) in [5.41, 5.74) is 2.68. The highest BCUT2D eigenvalue weighted by molar-refractivity contribution is 7.14. The molecule has 5 aromatic rings. The number of amides is 1. The molecule has 0 aliphatic heterocycles. The van der Waals surface area contributed by atoms with Gasteiger partial charge in [-0.15, -0.1) is 11.3 Å². The van der Waals surface area contributed by atoms with Crippen molar-refractivity contribution in [3.05, 3.63) is 71.6 Å². The Morgan fingerprint density at radius 2 is 1.93 bits per heavy atom. The number of carbonyl (C=O) groups is 2. The molecule has 0 unspecified atom stereocenters. The first-order chi connectivity index (χ1) is 14.1. The van der Waals surface area contributed by atoms with Crippen molar-refractivity contribution in [1.82, 2.24) is 4.98 Å². The van der Waals surface area contributed by atoms with Gasteiger partial charge in [-0.1, -0.05) is 12.1 Å². The average molecular weight is 404 g/mol. The molecule has 0 atom stereocenters. The van der Waals surface area contributed by atoms with Crippen LogP contribution in [0.5, 0.6) is 0 Å². The van der Waals surface area contributed by atoms with Gasteiger partial charge in [-0.05, 0) is 42.0 Å². The summed E-state index contributed by atoms with van der Waals surface area (Å²) in [6.45, 7) is 0. The van der Waals surface area contributed by atoms with Crippen LogP contribution in [0.3, 0.4) is 0 Å². The minimum atomic E-state index is -1.14. The number of thiophene rings is 1. The van der Waals surface area contributed by atoms with Crippen LogP contribution < -0.4 is 5.32 Å². The predicted molar refractivity (Wildman–Crippen MR) is 108 cm³/mol. The number of nitrogens with zero attached hydrogens (tertiary/aromatic N) is 1. The number of benzene rings is 2. The van der Waals surface area contributed by atoms with E-state index in [0.29, 0.717) is 21.6 Å². The fourth-order valence-corrected chi connectivity index (χ4v) is 4.12. The molecule has 0 saturated heterocycles. The van der Waals surface area contributed by atoms with E-state index in [2.05, 4.69) is 10.3 Å². The SMILES string of the molecule is O=C(Nc1csc(-c2ccc3occc3c2)c1C(=O)O)c1nc2ccccc2o1. The van der Waals surface area contributed by atoms with Gasteiger partial charge in [0.15, 0.2) is 5.58 Å². The summed E-state index contributed by atoms with van der Waals surface area (Å²) in [6.07, 6.45) is 1.58. The highest BCUT2D eigenvalue weighted by atomic mass is 32.1. The molecule has 0 bridgehead atoms. The van der Waals surface area contributed by atoms with Gasteiger partial charge in [0.25, 0.3) is 5.89 Å². The second-order valence-corrected chi connectivity index (χ2v) is 7.15. The van der Waals surface area contributed by atoms with Crippen LogP contribution in [0.2, 0.25) is 0 Å². The first-order valence-corrected chi connectivity index (χ1v) is 9.47. The van der Waals surface area contributed by atoms with Gasteiger partial charge in [-0.25, -0.2) is 9.78 Å². The number of carbonyl (C=O) groups excluding carboxylic acids is 1. The number of fused-ring (bicyclic) bond motifs is 2. The van der Waals surface area contributed by atoms with E-state index >= 15 is 0 Å². The highest BCUT2D eigenvalue weighted by Gasteiger charge is 2.23. The molecule has 3 heterocycles. The number of hydrogen-bond acceptors (Lipinski definition) is 6. The van der Waals surface area contributed by atoms with E-state index in [1.165, 1.54) is 11.3 Å². The summed E-state index contributed by atoms with van der Waals surface area (Å²) >= 11 is 1.23. The van der Waals surface area contributed by atoms with Crippen molar-refractivity contribution in [3.8, 4) is 10.4 Å². The van der Waals surface area contributed by atoms with Gasteiger partial charge < -0.3 is 19.3 Å². The maximum Gasteiger partial charge on any atom is 0.339 e. The van der Waals surface area contributed by atoms with Crippen molar-refractivity contribution >= 4 is 51.0 Å². The second kappa shape index (κ2) is 6.61. The summed E-state index contributed by atoms with van der Waals surface area (Å²) in [5.74, 6) is -1.88. The predicted octanol–water partition coefficient (Wildman–Crippen LogP) is 5.25. The lowest BCUT2D eigenvalue weighted by Gasteiger charge is -2.05. The molecule has 142 valence electrons. The van der Waals surface area contributed by atoms with Crippen molar-refractivity contribution in [2.24, 2.45) is 0 Å². The van der Waals surface area contributed by atoms with Crippen LogP contribution in [0.4, 0.5) is 5.69 Å². The van der Waals surface area contributed by atoms with Crippen LogP contribution in [0.15, 0.2) is 69.0 Å². The minimum Gasteiger partial charge on any atom is -0.478 e. The van der Waals surface area contributed by atoms with Crippen molar-refractivity contribution in [2.45, 2.75) is 0 Å². The molecular weight excluding hydrogens is 392 g/mol. The molecule has 0 saturated carbocycles. The van der Waals surface area contributed by atoms with Gasteiger partial charge in [0, 0.05) is 10.8 Å². The van der Waals surface area contributed by atoms with E-state index in [0.717, 1.165) is 10.9 Å². The van der Waals surface area contributed by atoms with Crippen LogP contribution in [0.1, 0.15) is 21.0 Å². The van der Waals surface area contributed by atoms with Crippen molar-refractivity contribution in [1.29, 1.82) is 0 Å². The molecule has 0 fully saturated rings. The Kier molecular flexibility index (Phi) is 3.92. The van der Waals surface area contributed by atoms with Crippen LogP contribution in [-0.4, -0.2) is 22.0 Å². The third-order valence-corrected chi connectivity index (χ3v) is 5.48. The van der Waals surface area contributed by atoms with Gasteiger partial charge in [0.1, 0.15) is 16.7 Å². The summed E-state index contributed by atoms with van der Waals surface area (Å²) in [5, 5.41) is 14.8. The first-order valence-electron chi connectivity index (χ1n) is 8.59. The lowest BCUT2D eigenvalue weighted by atomic mass is 10.1. The van der Waals surface area contributed by atoms with E-state index in [-0.39, 0.29) is 17.1 Å². The zero-order valence-electron chi connectivity index (χ0n) is 14.7. The third kappa shape index (κ3) is 2.95. The maximum atomic E-state index is 12.6. The fraction of sp³-hybridized carbons (Fsp3) is 0. The van der Waals surface area contributed by atoms with Gasteiger partial charge in [-0.3, -0.25) is 4.79 Å². The van der Waals surface area contributed by atoms with Crippen LogP contribution in [-0.2, 0) is 0 Å². The molecule has 2 aromatic carbocycles. The number of para-hydroxylation sites is 2. The van der Waals surface area contributed by atoms with Gasteiger partial charge in [-0.2, -0.15) is 0 Å². The maximum absolute atomic E-state index is 12.6.